The summed E-state index contributed by atoms with van der Waals surface area (Å²) in [5.74, 6) is 0.666. The molecule has 0 radical (unpaired) electrons. The van der Waals surface area contributed by atoms with Gasteiger partial charge in [0, 0.05) is 16.8 Å². The van der Waals surface area contributed by atoms with E-state index >= 15 is 0 Å². The van der Waals surface area contributed by atoms with Crippen LogP contribution in [0, 0.1) is 11.3 Å². The Hall–Kier alpha value is -2.05. The fourth-order valence-corrected chi connectivity index (χ4v) is 1.69. The Kier molecular flexibility index (Phi) is 3.27. The number of hydrogen-bond donors (Lipinski definition) is 0. The Bertz CT molecular complexity index is 590. The number of nitrogens with zero attached hydrogens (tertiary/aromatic N) is 2. The van der Waals surface area contributed by atoms with E-state index in [1.54, 1.807) is 43.6 Å². The molecule has 84 valence electrons. The Morgan fingerprint density at radius 1 is 1.29 bits per heavy atom. The molecule has 1 aromatic heterocycles. The first-order chi connectivity index (χ1) is 8.24. The SMILES string of the molecule is COc1ccc(C#N)cc1-c1cc(Cl)ccn1. The number of benzene rings is 1. The second-order valence-electron chi connectivity index (χ2n) is 3.39. The standard InChI is InChI=1S/C13H9ClN2O/c1-17-13-3-2-9(8-15)6-11(13)12-7-10(14)4-5-16-12/h2-7H,1H3. The first-order valence-electron chi connectivity index (χ1n) is 4.94. The van der Waals surface area contributed by atoms with Crippen molar-refractivity contribution in [3.05, 3.63) is 47.1 Å². The molecule has 1 aromatic carbocycles. The molecule has 2 rings (SSSR count). The molecule has 0 aliphatic heterocycles. The van der Waals surface area contributed by atoms with Gasteiger partial charge in [0.2, 0.25) is 0 Å². The zero-order valence-electron chi connectivity index (χ0n) is 9.14. The summed E-state index contributed by atoms with van der Waals surface area (Å²) in [7, 11) is 1.58. The average molecular weight is 245 g/mol. The number of methoxy groups -OCH3 is 1. The number of pyridine rings is 1. The largest absolute Gasteiger partial charge is 0.496 e. The third-order valence-electron chi connectivity index (χ3n) is 2.33. The zero-order chi connectivity index (χ0) is 12.3. The van der Waals surface area contributed by atoms with Gasteiger partial charge in [-0.05, 0) is 30.3 Å². The third kappa shape index (κ3) is 2.38. The lowest BCUT2D eigenvalue weighted by Crippen LogP contribution is -1.91. The van der Waals surface area contributed by atoms with E-state index in [4.69, 9.17) is 21.6 Å². The highest BCUT2D eigenvalue weighted by molar-refractivity contribution is 6.30. The smallest absolute Gasteiger partial charge is 0.128 e. The van der Waals surface area contributed by atoms with Crippen molar-refractivity contribution in [1.29, 1.82) is 5.26 Å². The number of rotatable bonds is 2. The summed E-state index contributed by atoms with van der Waals surface area (Å²) in [5, 5.41) is 9.49. The third-order valence-corrected chi connectivity index (χ3v) is 2.56. The highest BCUT2D eigenvalue weighted by Crippen LogP contribution is 2.30. The maximum absolute atomic E-state index is 8.89. The van der Waals surface area contributed by atoms with E-state index in [0.29, 0.717) is 22.0 Å². The molecular formula is C13H9ClN2O. The van der Waals surface area contributed by atoms with Crippen molar-refractivity contribution in [3.63, 3.8) is 0 Å². The topological polar surface area (TPSA) is 45.9 Å². The van der Waals surface area contributed by atoms with Crippen LogP contribution >= 0.6 is 11.6 Å². The summed E-state index contributed by atoms with van der Waals surface area (Å²) in [6.45, 7) is 0. The van der Waals surface area contributed by atoms with Gasteiger partial charge in [-0.25, -0.2) is 0 Å². The average Bonchev–Trinajstić information content (AvgIpc) is 2.38. The molecular weight excluding hydrogens is 236 g/mol. The van der Waals surface area contributed by atoms with Crippen LogP contribution in [-0.4, -0.2) is 12.1 Å². The fraction of sp³-hybridized carbons (Fsp3) is 0.0769. The molecule has 17 heavy (non-hydrogen) atoms. The van der Waals surface area contributed by atoms with Gasteiger partial charge in [0.1, 0.15) is 5.75 Å². The van der Waals surface area contributed by atoms with Crippen LogP contribution < -0.4 is 4.74 Å². The van der Waals surface area contributed by atoms with Crippen LogP contribution in [0.4, 0.5) is 0 Å². The molecule has 0 amide bonds. The highest BCUT2D eigenvalue weighted by Gasteiger charge is 2.08. The van der Waals surface area contributed by atoms with E-state index in [2.05, 4.69) is 11.1 Å². The van der Waals surface area contributed by atoms with Crippen molar-refractivity contribution in [3.8, 4) is 23.1 Å². The molecule has 2 aromatic rings. The van der Waals surface area contributed by atoms with Crippen molar-refractivity contribution in [1.82, 2.24) is 4.98 Å². The van der Waals surface area contributed by atoms with Gasteiger partial charge in [0.15, 0.2) is 0 Å². The molecule has 1 heterocycles. The van der Waals surface area contributed by atoms with Gasteiger partial charge in [-0.3, -0.25) is 4.98 Å². The molecule has 0 aliphatic rings. The zero-order valence-corrected chi connectivity index (χ0v) is 9.90. The van der Waals surface area contributed by atoms with Crippen LogP contribution in [-0.2, 0) is 0 Å². The normalized spacial score (nSPS) is 9.71. The molecule has 0 bridgehead atoms. The fourth-order valence-electron chi connectivity index (χ4n) is 1.53. The second kappa shape index (κ2) is 4.86. The Morgan fingerprint density at radius 3 is 2.76 bits per heavy atom. The van der Waals surface area contributed by atoms with Crippen molar-refractivity contribution < 1.29 is 4.74 Å². The van der Waals surface area contributed by atoms with Crippen molar-refractivity contribution in [2.75, 3.05) is 7.11 Å². The maximum atomic E-state index is 8.89. The Labute approximate surface area is 104 Å². The minimum absolute atomic E-state index is 0.558. The van der Waals surface area contributed by atoms with Crippen molar-refractivity contribution >= 4 is 11.6 Å². The Balaban J connectivity index is 2.61. The minimum atomic E-state index is 0.558. The predicted molar refractivity (Wildman–Crippen MR) is 66.0 cm³/mol. The summed E-state index contributed by atoms with van der Waals surface area (Å²) < 4.78 is 5.25. The van der Waals surface area contributed by atoms with Crippen LogP contribution in [0.1, 0.15) is 5.56 Å². The lowest BCUT2D eigenvalue weighted by Gasteiger charge is -2.08. The lowest BCUT2D eigenvalue weighted by molar-refractivity contribution is 0.416. The van der Waals surface area contributed by atoms with E-state index in [9.17, 15) is 0 Å². The monoisotopic (exact) mass is 244 g/mol. The first-order valence-corrected chi connectivity index (χ1v) is 5.32. The van der Waals surface area contributed by atoms with Crippen molar-refractivity contribution in [2.24, 2.45) is 0 Å². The molecule has 0 unspecified atom stereocenters. The molecule has 0 aliphatic carbocycles. The molecule has 0 saturated carbocycles. The van der Waals surface area contributed by atoms with E-state index < -0.39 is 0 Å². The van der Waals surface area contributed by atoms with Crippen LogP contribution in [0.2, 0.25) is 5.02 Å². The van der Waals surface area contributed by atoms with Gasteiger partial charge in [-0.2, -0.15) is 5.26 Å². The molecule has 4 heteroatoms. The number of nitriles is 1. The summed E-state index contributed by atoms with van der Waals surface area (Å²) in [6, 6.07) is 10.7. The Morgan fingerprint density at radius 2 is 2.12 bits per heavy atom. The van der Waals surface area contributed by atoms with Gasteiger partial charge in [-0.15, -0.1) is 0 Å². The predicted octanol–water partition coefficient (Wildman–Crippen LogP) is 3.28. The van der Waals surface area contributed by atoms with Gasteiger partial charge in [-0.1, -0.05) is 11.6 Å². The van der Waals surface area contributed by atoms with Crippen LogP contribution in [0.3, 0.4) is 0 Å². The second-order valence-corrected chi connectivity index (χ2v) is 3.82. The molecule has 0 fully saturated rings. The van der Waals surface area contributed by atoms with E-state index in [1.807, 2.05) is 0 Å². The number of aromatic nitrogens is 1. The number of halogens is 1. The summed E-state index contributed by atoms with van der Waals surface area (Å²) in [6.07, 6.45) is 1.62. The van der Waals surface area contributed by atoms with E-state index in [0.717, 1.165) is 5.56 Å². The highest BCUT2D eigenvalue weighted by atomic mass is 35.5. The van der Waals surface area contributed by atoms with Crippen molar-refractivity contribution in [2.45, 2.75) is 0 Å². The number of ether oxygens (including phenoxy) is 1. The van der Waals surface area contributed by atoms with Gasteiger partial charge in [0.05, 0.1) is 24.4 Å². The molecule has 0 spiro atoms. The van der Waals surface area contributed by atoms with Crippen LogP contribution in [0.5, 0.6) is 5.75 Å². The first kappa shape index (κ1) is 11.4. The lowest BCUT2D eigenvalue weighted by atomic mass is 10.1. The summed E-state index contributed by atoms with van der Waals surface area (Å²) >= 11 is 5.92. The summed E-state index contributed by atoms with van der Waals surface area (Å²) in [4.78, 5) is 4.22. The van der Waals surface area contributed by atoms with Crippen LogP contribution in [0.15, 0.2) is 36.5 Å². The molecule has 0 N–H and O–H groups in total. The van der Waals surface area contributed by atoms with Gasteiger partial charge >= 0.3 is 0 Å². The van der Waals surface area contributed by atoms with Gasteiger partial charge < -0.3 is 4.74 Å². The number of hydrogen-bond acceptors (Lipinski definition) is 3. The maximum Gasteiger partial charge on any atom is 0.128 e. The summed E-state index contributed by atoms with van der Waals surface area (Å²) in [5.41, 5.74) is 2.00. The van der Waals surface area contributed by atoms with E-state index in [1.165, 1.54) is 0 Å². The molecule has 0 saturated heterocycles. The van der Waals surface area contributed by atoms with E-state index in [-0.39, 0.29) is 0 Å². The molecule has 3 nitrogen and oxygen atoms in total. The quantitative estimate of drug-likeness (QED) is 0.814. The minimum Gasteiger partial charge on any atom is -0.496 e. The molecule has 0 atom stereocenters. The van der Waals surface area contributed by atoms with Gasteiger partial charge in [0.25, 0.3) is 0 Å². The van der Waals surface area contributed by atoms with Crippen LogP contribution in [0.25, 0.3) is 11.3 Å².